The van der Waals surface area contributed by atoms with E-state index in [9.17, 15) is 9.59 Å². The van der Waals surface area contributed by atoms with Gasteiger partial charge in [-0.1, -0.05) is 0 Å². The number of rotatable bonds is 6. The smallest absolute Gasteiger partial charge is 0.254 e. The molecule has 7 nitrogen and oxygen atoms in total. The highest BCUT2D eigenvalue weighted by molar-refractivity contribution is 5.98. The van der Waals surface area contributed by atoms with Gasteiger partial charge in [-0.05, 0) is 75.2 Å². The van der Waals surface area contributed by atoms with Gasteiger partial charge in [-0.15, -0.1) is 0 Å². The third kappa shape index (κ3) is 4.49. The number of amides is 2. The first kappa shape index (κ1) is 21.2. The Hall–Kier alpha value is -3.61. The van der Waals surface area contributed by atoms with Gasteiger partial charge in [-0.25, -0.2) is 0 Å². The number of pyridine rings is 1. The minimum atomic E-state index is -0.548. The standard InChI is InChI=1S/C26H28N4O3/c1-17-5-6-18(2)30(17)21-11-7-19(8-12-21)26(32)29-16-23(33-22-4-3-13-27-15-22)14-24(29)25(31)28-20-9-10-20/h3-8,11-13,15,20,23-24H,9-10,14,16H2,1-2H3,(H,28,31)/t23-,24-/m0/s1. The number of hydrogen-bond acceptors (Lipinski definition) is 4. The van der Waals surface area contributed by atoms with E-state index in [1.165, 1.54) is 0 Å². The molecule has 2 aliphatic rings. The van der Waals surface area contributed by atoms with Crippen molar-refractivity contribution in [3.63, 3.8) is 0 Å². The maximum absolute atomic E-state index is 13.5. The van der Waals surface area contributed by atoms with Crippen LogP contribution in [0.25, 0.3) is 5.69 Å². The second-order valence-electron chi connectivity index (χ2n) is 8.92. The first-order chi connectivity index (χ1) is 16.0. The molecular weight excluding hydrogens is 416 g/mol. The molecule has 2 aromatic heterocycles. The average molecular weight is 445 g/mol. The van der Waals surface area contributed by atoms with Crippen molar-refractivity contribution in [1.29, 1.82) is 0 Å². The number of carbonyl (C=O) groups excluding carboxylic acids is 2. The number of ether oxygens (including phenoxy) is 1. The van der Waals surface area contributed by atoms with Crippen molar-refractivity contribution in [3.05, 3.63) is 77.9 Å². The predicted octanol–water partition coefficient (Wildman–Crippen LogP) is 3.43. The van der Waals surface area contributed by atoms with Crippen LogP contribution in [0.3, 0.4) is 0 Å². The zero-order chi connectivity index (χ0) is 22.9. The van der Waals surface area contributed by atoms with Crippen LogP contribution in [0.1, 0.15) is 41.0 Å². The summed E-state index contributed by atoms with van der Waals surface area (Å²) in [7, 11) is 0. The topological polar surface area (TPSA) is 76.5 Å². The van der Waals surface area contributed by atoms with Crippen molar-refractivity contribution >= 4 is 11.8 Å². The molecule has 1 aromatic carbocycles. The molecule has 1 saturated heterocycles. The number of carbonyl (C=O) groups is 2. The van der Waals surface area contributed by atoms with Crippen molar-refractivity contribution in [2.75, 3.05) is 6.54 Å². The minimum Gasteiger partial charge on any atom is -0.487 e. The SMILES string of the molecule is Cc1ccc(C)n1-c1ccc(C(=O)N2C[C@@H](Oc3cccnc3)C[C@H]2C(=O)NC2CC2)cc1. The molecule has 1 aliphatic heterocycles. The monoisotopic (exact) mass is 444 g/mol. The van der Waals surface area contributed by atoms with Crippen LogP contribution >= 0.6 is 0 Å². The summed E-state index contributed by atoms with van der Waals surface area (Å²) in [6.07, 6.45) is 5.53. The zero-order valence-corrected chi connectivity index (χ0v) is 18.9. The molecule has 1 aliphatic carbocycles. The van der Waals surface area contributed by atoms with Gasteiger partial charge in [0.2, 0.25) is 5.91 Å². The van der Waals surface area contributed by atoms with Crippen LogP contribution in [0.2, 0.25) is 0 Å². The molecule has 0 unspecified atom stereocenters. The lowest BCUT2D eigenvalue weighted by atomic mass is 10.1. The molecule has 2 atom stereocenters. The van der Waals surface area contributed by atoms with Crippen LogP contribution in [-0.4, -0.2) is 51.0 Å². The van der Waals surface area contributed by atoms with E-state index < -0.39 is 6.04 Å². The van der Waals surface area contributed by atoms with Crippen LogP contribution in [-0.2, 0) is 4.79 Å². The Morgan fingerprint density at radius 2 is 1.76 bits per heavy atom. The van der Waals surface area contributed by atoms with Crippen LogP contribution < -0.4 is 10.1 Å². The highest BCUT2D eigenvalue weighted by Crippen LogP contribution is 2.27. The Morgan fingerprint density at radius 1 is 1.03 bits per heavy atom. The third-order valence-corrected chi connectivity index (χ3v) is 6.33. The molecule has 2 amide bonds. The number of benzene rings is 1. The summed E-state index contributed by atoms with van der Waals surface area (Å²) in [5, 5.41) is 3.05. The Kier molecular flexibility index (Phi) is 5.62. The van der Waals surface area contributed by atoms with Crippen LogP contribution in [0.5, 0.6) is 5.75 Å². The Labute approximate surface area is 193 Å². The number of aromatic nitrogens is 2. The lowest BCUT2D eigenvalue weighted by Crippen LogP contribution is -2.46. The summed E-state index contributed by atoms with van der Waals surface area (Å²) in [6.45, 7) is 4.47. The molecule has 1 N–H and O–H groups in total. The molecule has 5 rings (SSSR count). The van der Waals surface area contributed by atoms with E-state index >= 15 is 0 Å². The number of aryl methyl sites for hydroxylation is 2. The normalized spacial score (nSPS) is 20.0. The maximum Gasteiger partial charge on any atom is 0.254 e. The van der Waals surface area contributed by atoms with Crippen molar-refractivity contribution in [3.8, 4) is 11.4 Å². The quantitative estimate of drug-likeness (QED) is 0.632. The average Bonchev–Trinajstić information content (AvgIpc) is 3.44. The predicted molar refractivity (Wildman–Crippen MR) is 125 cm³/mol. The summed E-state index contributed by atoms with van der Waals surface area (Å²) in [5.74, 6) is 0.383. The molecule has 33 heavy (non-hydrogen) atoms. The lowest BCUT2D eigenvalue weighted by molar-refractivity contribution is -0.125. The Morgan fingerprint density at radius 3 is 2.39 bits per heavy atom. The second kappa shape index (κ2) is 8.73. The van der Waals surface area contributed by atoms with Gasteiger partial charge < -0.3 is 19.5 Å². The summed E-state index contributed by atoms with van der Waals surface area (Å²) in [4.78, 5) is 32.1. The van der Waals surface area contributed by atoms with Crippen molar-refractivity contribution in [2.24, 2.45) is 0 Å². The van der Waals surface area contributed by atoms with Gasteiger partial charge >= 0.3 is 0 Å². The van der Waals surface area contributed by atoms with Gasteiger partial charge in [0.05, 0.1) is 12.7 Å². The molecule has 0 bridgehead atoms. The van der Waals surface area contributed by atoms with E-state index in [2.05, 4.69) is 40.8 Å². The molecule has 170 valence electrons. The first-order valence-corrected chi connectivity index (χ1v) is 11.4. The van der Waals surface area contributed by atoms with E-state index in [0.29, 0.717) is 24.3 Å². The van der Waals surface area contributed by atoms with E-state index in [4.69, 9.17) is 4.74 Å². The van der Waals surface area contributed by atoms with Crippen molar-refractivity contribution < 1.29 is 14.3 Å². The Bertz CT molecular complexity index is 1130. The highest BCUT2D eigenvalue weighted by Gasteiger charge is 2.42. The molecule has 3 aromatic rings. The number of likely N-dealkylation sites (tertiary alicyclic amines) is 1. The summed E-state index contributed by atoms with van der Waals surface area (Å²) in [5.41, 5.74) is 3.85. The fourth-order valence-corrected chi connectivity index (χ4v) is 4.48. The molecule has 7 heteroatoms. The Balaban J connectivity index is 1.36. The number of nitrogens with zero attached hydrogens (tertiary/aromatic N) is 3. The molecule has 0 spiro atoms. The fraction of sp³-hybridized carbons (Fsp3) is 0.346. The molecule has 2 fully saturated rings. The fourth-order valence-electron chi connectivity index (χ4n) is 4.48. The first-order valence-electron chi connectivity index (χ1n) is 11.4. The molecule has 3 heterocycles. The van der Waals surface area contributed by atoms with E-state index in [0.717, 1.165) is 29.9 Å². The maximum atomic E-state index is 13.5. The molecule has 1 saturated carbocycles. The van der Waals surface area contributed by atoms with Gasteiger partial charge in [0, 0.05) is 41.3 Å². The van der Waals surface area contributed by atoms with Gasteiger partial charge in [-0.2, -0.15) is 0 Å². The lowest BCUT2D eigenvalue weighted by Gasteiger charge is -2.24. The summed E-state index contributed by atoms with van der Waals surface area (Å²) in [6, 6.07) is 15.0. The highest BCUT2D eigenvalue weighted by atomic mass is 16.5. The van der Waals surface area contributed by atoms with E-state index in [-0.39, 0.29) is 24.0 Å². The minimum absolute atomic E-state index is 0.0988. The number of nitrogens with one attached hydrogen (secondary N) is 1. The second-order valence-corrected chi connectivity index (χ2v) is 8.92. The van der Waals surface area contributed by atoms with Crippen LogP contribution in [0, 0.1) is 13.8 Å². The van der Waals surface area contributed by atoms with Gasteiger partial charge in [0.1, 0.15) is 17.9 Å². The van der Waals surface area contributed by atoms with Gasteiger partial charge in [0.15, 0.2) is 0 Å². The molecule has 0 radical (unpaired) electrons. The zero-order valence-electron chi connectivity index (χ0n) is 18.9. The third-order valence-electron chi connectivity index (χ3n) is 6.33. The summed E-state index contributed by atoms with van der Waals surface area (Å²) < 4.78 is 8.19. The summed E-state index contributed by atoms with van der Waals surface area (Å²) >= 11 is 0. The van der Waals surface area contributed by atoms with E-state index in [1.54, 1.807) is 23.4 Å². The van der Waals surface area contributed by atoms with Crippen LogP contribution in [0.15, 0.2) is 60.9 Å². The van der Waals surface area contributed by atoms with Gasteiger partial charge in [-0.3, -0.25) is 14.6 Å². The van der Waals surface area contributed by atoms with Crippen molar-refractivity contribution in [2.45, 2.75) is 51.3 Å². The van der Waals surface area contributed by atoms with Crippen molar-refractivity contribution in [1.82, 2.24) is 19.8 Å². The largest absolute Gasteiger partial charge is 0.487 e. The van der Waals surface area contributed by atoms with Crippen LogP contribution in [0.4, 0.5) is 0 Å². The number of hydrogen-bond donors (Lipinski definition) is 1. The molecular formula is C26H28N4O3. The van der Waals surface area contributed by atoms with Gasteiger partial charge in [0.25, 0.3) is 5.91 Å². The van der Waals surface area contributed by atoms with E-state index in [1.807, 2.05) is 30.3 Å².